The van der Waals surface area contributed by atoms with Crippen molar-refractivity contribution in [3.8, 4) is 0 Å². The predicted octanol–water partition coefficient (Wildman–Crippen LogP) is 3.43. The molecule has 2 N–H and O–H groups in total. The number of aliphatic hydroxyl groups excluding tert-OH is 1. The highest BCUT2D eigenvalue weighted by atomic mass is 35.5. The monoisotopic (exact) mass is 287 g/mol. The molecule has 0 saturated heterocycles. The number of imidazole rings is 1. The van der Waals surface area contributed by atoms with Gasteiger partial charge in [0, 0.05) is 17.3 Å². The summed E-state index contributed by atoms with van der Waals surface area (Å²) >= 11 is 5.88. The minimum atomic E-state index is 0.0651. The smallest absolute Gasteiger partial charge is 0.208 e. The molecule has 1 heterocycles. The molecule has 5 heteroatoms. The van der Waals surface area contributed by atoms with Gasteiger partial charge in [0.15, 0.2) is 0 Å². The normalized spacial score (nSPS) is 10.9. The number of rotatable bonds is 4. The highest BCUT2D eigenvalue weighted by Gasteiger charge is 2.09. The number of aliphatic hydroxyl groups is 1. The van der Waals surface area contributed by atoms with Gasteiger partial charge in [0.2, 0.25) is 5.95 Å². The molecule has 3 aromatic rings. The van der Waals surface area contributed by atoms with E-state index in [2.05, 4.69) is 10.3 Å². The van der Waals surface area contributed by atoms with E-state index < -0.39 is 0 Å². The van der Waals surface area contributed by atoms with Gasteiger partial charge in [-0.3, -0.25) is 0 Å². The second-order valence-corrected chi connectivity index (χ2v) is 4.87. The third-order valence-corrected chi connectivity index (χ3v) is 3.33. The lowest BCUT2D eigenvalue weighted by Gasteiger charge is -2.09. The summed E-state index contributed by atoms with van der Waals surface area (Å²) in [6, 6.07) is 15.3. The molecular formula is C15H14ClN3O. The van der Waals surface area contributed by atoms with Crippen LogP contribution in [-0.2, 0) is 6.54 Å². The van der Waals surface area contributed by atoms with Crippen LogP contribution < -0.4 is 5.32 Å². The Morgan fingerprint density at radius 1 is 1.10 bits per heavy atom. The fraction of sp³-hybridized carbons (Fsp3) is 0.133. The molecule has 0 bridgehead atoms. The van der Waals surface area contributed by atoms with Gasteiger partial charge in [-0.25, -0.2) is 4.98 Å². The van der Waals surface area contributed by atoms with Gasteiger partial charge in [-0.2, -0.15) is 0 Å². The minimum Gasteiger partial charge on any atom is -0.395 e. The fourth-order valence-electron chi connectivity index (χ4n) is 2.16. The SMILES string of the molecule is OCCn1c(Nc2ccc(Cl)cc2)nc2ccccc21. The zero-order chi connectivity index (χ0) is 13.9. The molecule has 0 unspecified atom stereocenters. The molecule has 3 rings (SSSR count). The van der Waals surface area contributed by atoms with Crippen LogP contribution in [0.25, 0.3) is 11.0 Å². The van der Waals surface area contributed by atoms with Crippen LogP contribution in [-0.4, -0.2) is 21.3 Å². The topological polar surface area (TPSA) is 50.1 Å². The highest BCUT2D eigenvalue weighted by molar-refractivity contribution is 6.30. The summed E-state index contributed by atoms with van der Waals surface area (Å²) in [6.07, 6.45) is 0. The largest absolute Gasteiger partial charge is 0.395 e. The number of anilines is 2. The van der Waals surface area contributed by atoms with Crippen molar-refractivity contribution in [1.82, 2.24) is 9.55 Å². The Labute approximate surface area is 121 Å². The van der Waals surface area contributed by atoms with Crippen molar-refractivity contribution in [2.75, 3.05) is 11.9 Å². The first kappa shape index (κ1) is 13.0. The first-order chi connectivity index (χ1) is 9.78. The Morgan fingerprint density at radius 2 is 1.85 bits per heavy atom. The third-order valence-electron chi connectivity index (χ3n) is 3.08. The molecule has 0 atom stereocenters. The summed E-state index contributed by atoms with van der Waals surface area (Å²) < 4.78 is 1.96. The van der Waals surface area contributed by atoms with Crippen molar-refractivity contribution in [1.29, 1.82) is 0 Å². The second-order valence-electron chi connectivity index (χ2n) is 4.43. The first-order valence-electron chi connectivity index (χ1n) is 6.36. The van der Waals surface area contributed by atoms with E-state index in [4.69, 9.17) is 11.6 Å². The Kier molecular flexibility index (Phi) is 3.58. The maximum Gasteiger partial charge on any atom is 0.208 e. The summed E-state index contributed by atoms with van der Waals surface area (Å²) in [5.74, 6) is 0.711. The van der Waals surface area contributed by atoms with Crippen LogP contribution in [0.5, 0.6) is 0 Å². The molecule has 20 heavy (non-hydrogen) atoms. The van der Waals surface area contributed by atoms with Gasteiger partial charge in [-0.05, 0) is 36.4 Å². The van der Waals surface area contributed by atoms with Crippen molar-refractivity contribution >= 4 is 34.3 Å². The fourth-order valence-corrected chi connectivity index (χ4v) is 2.29. The number of halogens is 1. The van der Waals surface area contributed by atoms with Crippen molar-refractivity contribution in [3.63, 3.8) is 0 Å². The summed E-state index contributed by atoms with van der Waals surface area (Å²) in [4.78, 5) is 4.56. The quantitative estimate of drug-likeness (QED) is 0.773. The number of hydrogen-bond donors (Lipinski definition) is 2. The van der Waals surface area contributed by atoms with Gasteiger partial charge in [-0.1, -0.05) is 23.7 Å². The molecule has 2 aromatic carbocycles. The van der Waals surface area contributed by atoms with Gasteiger partial charge in [0.1, 0.15) is 0 Å². The van der Waals surface area contributed by atoms with Crippen LogP contribution in [0.1, 0.15) is 0 Å². The van der Waals surface area contributed by atoms with E-state index in [0.29, 0.717) is 17.5 Å². The predicted molar refractivity (Wildman–Crippen MR) is 81.6 cm³/mol. The molecule has 0 fully saturated rings. The van der Waals surface area contributed by atoms with Crippen LogP contribution >= 0.6 is 11.6 Å². The van der Waals surface area contributed by atoms with Crippen molar-refractivity contribution in [2.45, 2.75) is 6.54 Å². The van der Waals surface area contributed by atoms with E-state index >= 15 is 0 Å². The number of nitrogens with zero attached hydrogens (tertiary/aromatic N) is 2. The summed E-state index contributed by atoms with van der Waals surface area (Å²) in [7, 11) is 0. The zero-order valence-electron chi connectivity index (χ0n) is 10.8. The lowest BCUT2D eigenvalue weighted by Crippen LogP contribution is -2.06. The third kappa shape index (κ3) is 2.48. The zero-order valence-corrected chi connectivity index (χ0v) is 11.5. The summed E-state index contributed by atoms with van der Waals surface area (Å²) in [5, 5.41) is 13.2. The van der Waals surface area contributed by atoms with Crippen LogP contribution in [0.2, 0.25) is 5.02 Å². The van der Waals surface area contributed by atoms with E-state index in [-0.39, 0.29) is 6.61 Å². The van der Waals surface area contributed by atoms with Crippen LogP contribution in [0.4, 0.5) is 11.6 Å². The van der Waals surface area contributed by atoms with E-state index in [9.17, 15) is 5.11 Å². The number of nitrogens with one attached hydrogen (secondary N) is 1. The van der Waals surface area contributed by atoms with Crippen molar-refractivity contribution in [2.24, 2.45) is 0 Å². The van der Waals surface area contributed by atoms with Gasteiger partial charge in [0.05, 0.1) is 17.6 Å². The van der Waals surface area contributed by atoms with Gasteiger partial charge >= 0.3 is 0 Å². The molecule has 0 amide bonds. The molecule has 1 aromatic heterocycles. The lowest BCUT2D eigenvalue weighted by molar-refractivity contribution is 0.278. The number of aromatic nitrogens is 2. The van der Waals surface area contributed by atoms with Crippen molar-refractivity contribution < 1.29 is 5.11 Å². The Bertz CT molecular complexity index is 722. The van der Waals surface area contributed by atoms with E-state index in [1.165, 1.54) is 0 Å². The van der Waals surface area contributed by atoms with E-state index in [1.807, 2.05) is 53.1 Å². The van der Waals surface area contributed by atoms with Gasteiger partial charge in [0.25, 0.3) is 0 Å². The van der Waals surface area contributed by atoms with Crippen LogP contribution in [0, 0.1) is 0 Å². The van der Waals surface area contributed by atoms with Crippen LogP contribution in [0.15, 0.2) is 48.5 Å². The molecule has 0 aliphatic carbocycles. The molecule has 0 saturated carbocycles. The average Bonchev–Trinajstić information content (AvgIpc) is 2.80. The van der Waals surface area contributed by atoms with Crippen LogP contribution in [0.3, 0.4) is 0 Å². The standard InChI is InChI=1S/C15H14ClN3O/c16-11-5-7-12(8-6-11)17-15-18-13-3-1-2-4-14(13)19(15)9-10-20/h1-8,20H,9-10H2,(H,17,18). The molecule has 0 aliphatic heterocycles. The number of hydrogen-bond acceptors (Lipinski definition) is 3. The maximum absolute atomic E-state index is 9.23. The number of para-hydroxylation sites is 2. The van der Waals surface area contributed by atoms with Gasteiger partial charge < -0.3 is 15.0 Å². The molecule has 0 spiro atoms. The average molecular weight is 288 g/mol. The molecular weight excluding hydrogens is 274 g/mol. The maximum atomic E-state index is 9.23. The minimum absolute atomic E-state index is 0.0651. The Hall–Kier alpha value is -2.04. The first-order valence-corrected chi connectivity index (χ1v) is 6.74. The summed E-state index contributed by atoms with van der Waals surface area (Å²) in [5.41, 5.74) is 2.80. The van der Waals surface area contributed by atoms with Gasteiger partial charge in [-0.15, -0.1) is 0 Å². The Balaban J connectivity index is 2.01. The Morgan fingerprint density at radius 3 is 2.60 bits per heavy atom. The number of fused-ring (bicyclic) bond motifs is 1. The summed E-state index contributed by atoms with van der Waals surface area (Å²) in [6.45, 7) is 0.562. The van der Waals surface area contributed by atoms with E-state index in [1.54, 1.807) is 0 Å². The van der Waals surface area contributed by atoms with Crippen molar-refractivity contribution in [3.05, 3.63) is 53.6 Å². The molecule has 0 aliphatic rings. The highest BCUT2D eigenvalue weighted by Crippen LogP contribution is 2.23. The lowest BCUT2D eigenvalue weighted by atomic mass is 10.3. The molecule has 102 valence electrons. The molecule has 0 radical (unpaired) electrons. The molecule has 4 nitrogen and oxygen atoms in total. The number of benzene rings is 2. The van der Waals surface area contributed by atoms with E-state index in [0.717, 1.165) is 16.7 Å². The second kappa shape index (κ2) is 5.53.